The molecule has 0 unspecified atom stereocenters. The molecule has 2 aromatic rings. The Morgan fingerprint density at radius 2 is 1.96 bits per heavy atom. The molecule has 3 rings (SSSR count). The molecule has 4 heteroatoms. The first-order chi connectivity index (χ1) is 11.8. The molecule has 126 valence electrons. The van der Waals surface area contributed by atoms with E-state index in [0.29, 0.717) is 17.4 Å². The number of ether oxygens (including phenoxy) is 1. The summed E-state index contributed by atoms with van der Waals surface area (Å²) in [5, 5.41) is 3.74. The molecule has 0 saturated heterocycles. The van der Waals surface area contributed by atoms with Crippen LogP contribution in [0.2, 0.25) is 0 Å². The fourth-order valence-corrected chi connectivity index (χ4v) is 4.35. The van der Waals surface area contributed by atoms with E-state index < -0.39 is 0 Å². The summed E-state index contributed by atoms with van der Waals surface area (Å²) in [4.78, 5) is 13.8. The van der Waals surface area contributed by atoms with Crippen molar-refractivity contribution in [3.05, 3.63) is 59.7 Å². The van der Waals surface area contributed by atoms with E-state index in [0.717, 1.165) is 16.1 Å². The van der Waals surface area contributed by atoms with Gasteiger partial charge in [0, 0.05) is 22.8 Å². The van der Waals surface area contributed by atoms with Gasteiger partial charge in [-0.2, -0.15) is 0 Å². The lowest BCUT2D eigenvalue weighted by Gasteiger charge is -2.14. The number of para-hydroxylation sites is 1. The van der Waals surface area contributed by atoms with Crippen LogP contribution in [-0.2, 0) is 11.3 Å². The molecule has 0 bridgehead atoms. The summed E-state index contributed by atoms with van der Waals surface area (Å²) >= 11 is 1.89. The monoisotopic (exact) mass is 341 g/mol. The maximum absolute atomic E-state index is 12.6. The molecule has 2 aromatic carbocycles. The predicted molar refractivity (Wildman–Crippen MR) is 99.7 cm³/mol. The maximum Gasteiger partial charge on any atom is 0.255 e. The molecule has 3 nitrogen and oxygen atoms in total. The first-order valence-corrected chi connectivity index (χ1v) is 9.29. The van der Waals surface area contributed by atoms with Crippen molar-refractivity contribution < 1.29 is 9.53 Å². The average Bonchev–Trinajstić information content (AvgIpc) is 3.10. The third-order valence-corrected chi connectivity index (χ3v) is 5.65. The molecule has 0 spiro atoms. The maximum atomic E-state index is 12.6. The molecule has 1 saturated carbocycles. The number of rotatable bonds is 6. The van der Waals surface area contributed by atoms with Crippen LogP contribution >= 0.6 is 11.8 Å². The predicted octanol–water partition coefficient (Wildman–Crippen LogP) is 5.12. The number of hydrogen-bond acceptors (Lipinski definition) is 3. The number of hydrogen-bond donors (Lipinski definition) is 1. The quantitative estimate of drug-likeness (QED) is 0.792. The lowest BCUT2D eigenvalue weighted by Crippen LogP contribution is -2.13. The van der Waals surface area contributed by atoms with Gasteiger partial charge in [0.15, 0.2) is 0 Å². The number of anilines is 1. The van der Waals surface area contributed by atoms with Crippen LogP contribution in [0.4, 0.5) is 5.69 Å². The first-order valence-electron chi connectivity index (χ1n) is 8.41. The minimum atomic E-state index is -0.0765. The lowest BCUT2D eigenvalue weighted by molar-refractivity contribution is 0.102. The highest BCUT2D eigenvalue weighted by Gasteiger charge is 2.18. The van der Waals surface area contributed by atoms with Gasteiger partial charge in [-0.3, -0.25) is 4.79 Å². The molecule has 0 heterocycles. The molecule has 0 radical (unpaired) electrons. The van der Waals surface area contributed by atoms with Gasteiger partial charge < -0.3 is 10.1 Å². The van der Waals surface area contributed by atoms with E-state index in [-0.39, 0.29) is 5.91 Å². The van der Waals surface area contributed by atoms with Crippen LogP contribution < -0.4 is 5.32 Å². The number of carbonyl (C=O) groups is 1. The van der Waals surface area contributed by atoms with Crippen LogP contribution in [0.3, 0.4) is 0 Å². The molecule has 1 fully saturated rings. The van der Waals surface area contributed by atoms with Crippen molar-refractivity contribution >= 4 is 23.4 Å². The summed E-state index contributed by atoms with van der Waals surface area (Å²) in [6.45, 7) is 0.509. The Bertz CT molecular complexity index is 696. The summed E-state index contributed by atoms with van der Waals surface area (Å²) in [7, 11) is 1.66. The highest BCUT2D eigenvalue weighted by Crippen LogP contribution is 2.38. The number of amides is 1. The van der Waals surface area contributed by atoms with Gasteiger partial charge in [0.1, 0.15) is 0 Å². The summed E-state index contributed by atoms with van der Waals surface area (Å²) in [6.07, 6.45) is 5.18. The van der Waals surface area contributed by atoms with Crippen molar-refractivity contribution in [2.24, 2.45) is 0 Å². The third kappa shape index (κ3) is 4.40. The van der Waals surface area contributed by atoms with E-state index >= 15 is 0 Å². The minimum Gasteiger partial charge on any atom is -0.380 e. The molecule has 1 amide bonds. The molecule has 1 N–H and O–H groups in total. The number of nitrogens with one attached hydrogen (secondary N) is 1. The molecule has 1 aliphatic rings. The van der Waals surface area contributed by atoms with E-state index in [9.17, 15) is 4.79 Å². The van der Waals surface area contributed by atoms with E-state index in [4.69, 9.17) is 4.74 Å². The van der Waals surface area contributed by atoms with Crippen molar-refractivity contribution in [2.45, 2.75) is 42.4 Å². The minimum absolute atomic E-state index is 0.0765. The van der Waals surface area contributed by atoms with Crippen molar-refractivity contribution in [1.82, 2.24) is 0 Å². The summed E-state index contributed by atoms with van der Waals surface area (Å²) in [5.41, 5.74) is 2.56. The smallest absolute Gasteiger partial charge is 0.255 e. The normalized spacial score (nSPS) is 14.7. The molecule has 24 heavy (non-hydrogen) atoms. The van der Waals surface area contributed by atoms with Gasteiger partial charge in [0.2, 0.25) is 0 Å². The van der Waals surface area contributed by atoms with Crippen molar-refractivity contribution in [3.63, 3.8) is 0 Å². The Morgan fingerprint density at radius 3 is 2.75 bits per heavy atom. The molecule has 0 atom stereocenters. The van der Waals surface area contributed by atoms with Gasteiger partial charge in [0.25, 0.3) is 5.91 Å². The second-order valence-corrected chi connectivity index (χ2v) is 7.45. The molecule has 1 aliphatic carbocycles. The van der Waals surface area contributed by atoms with Gasteiger partial charge in [-0.05, 0) is 42.7 Å². The van der Waals surface area contributed by atoms with Crippen LogP contribution in [0.1, 0.15) is 41.6 Å². The Balaban J connectivity index is 1.73. The first kappa shape index (κ1) is 17.1. The molecule has 0 aromatic heterocycles. The van der Waals surface area contributed by atoms with Crippen molar-refractivity contribution in [3.8, 4) is 0 Å². The Hall–Kier alpha value is -1.78. The fourth-order valence-electron chi connectivity index (χ4n) is 3.02. The zero-order chi connectivity index (χ0) is 16.8. The lowest BCUT2D eigenvalue weighted by atomic mass is 10.1. The summed E-state index contributed by atoms with van der Waals surface area (Å²) in [5.74, 6) is -0.0765. The number of carbonyl (C=O) groups excluding carboxylic acids is 1. The van der Waals surface area contributed by atoms with Gasteiger partial charge >= 0.3 is 0 Å². The fraction of sp³-hybridized carbons (Fsp3) is 0.350. The summed E-state index contributed by atoms with van der Waals surface area (Å²) in [6, 6.07) is 15.6. The standard InChI is InChI=1S/C20H23NO2S/c1-23-14-15-7-6-8-16(13-15)20(22)21-18-11-4-5-12-19(18)24-17-9-2-3-10-17/h4-8,11-13,17H,2-3,9-10,14H2,1H3,(H,21,22). The van der Waals surface area contributed by atoms with E-state index in [2.05, 4.69) is 11.4 Å². The second-order valence-electron chi connectivity index (χ2n) is 6.11. The Kier molecular flexibility index (Phi) is 5.94. The van der Waals surface area contributed by atoms with Crippen molar-refractivity contribution in [1.29, 1.82) is 0 Å². The number of benzene rings is 2. The Labute approximate surface area is 147 Å². The van der Waals surface area contributed by atoms with E-state index in [1.165, 1.54) is 25.7 Å². The van der Waals surface area contributed by atoms with Gasteiger partial charge in [-0.1, -0.05) is 37.1 Å². The van der Waals surface area contributed by atoms with Gasteiger partial charge in [-0.25, -0.2) is 0 Å². The van der Waals surface area contributed by atoms with Gasteiger partial charge in [0.05, 0.1) is 12.3 Å². The van der Waals surface area contributed by atoms with Crippen LogP contribution in [0.15, 0.2) is 53.4 Å². The zero-order valence-corrected chi connectivity index (χ0v) is 14.8. The molecular weight excluding hydrogens is 318 g/mol. The Morgan fingerprint density at radius 1 is 1.17 bits per heavy atom. The zero-order valence-electron chi connectivity index (χ0n) is 14.0. The molecular formula is C20H23NO2S. The van der Waals surface area contributed by atoms with Crippen LogP contribution in [0.5, 0.6) is 0 Å². The van der Waals surface area contributed by atoms with E-state index in [1.54, 1.807) is 7.11 Å². The second kappa shape index (κ2) is 8.36. The van der Waals surface area contributed by atoms with E-state index in [1.807, 2.05) is 54.2 Å². The largest absolute Gasteiger partial charge is 0.380 e. The average molecular weight is 341 g/mol. The van der Waals surface area contributed by atoms with Gasteiger partial charge in [-0.15, -0.1) is 11.8 Å². The number of methoxy groups -OCH3 is 1. The topological polar surface area (TPSA) is 38.3 Å². The van der Waals surface area contributed by atoms with Crippen LogP contribution in [0.25, 0.3) is 0 Å². The third-order valence-electron chi connectivity index (χ3n) is 4.23. The molecule has 0 aliphatic heterocycles. The highest BCUT2D eigenvalue weighted by molar-refractivity contribution is 8.00. The van der Waals surface area contributed by atoms with Crippen LogP contribution in [0, 0.1) is 0 Å². The van der Waals surface area contributed by atoms with Crippen molar-refractivity contribution in [2.75, 3.05) is 12.4 Å². The van der Waals surface area contributed by atoms with Crippen LogP contribution in [-0.4, -0.2) is 18.3 Å². The highest BCUT2D eigenvalue weighted by atomic mass is 32.2. The SMILES string of the molecule is COCc1cccc(C(=O)Nc2ccccc2SC2CCCC2)c1. The summed E-state index contributed by atoms with van der Waals surface area (Å²) < 4.78 is 5.14. The number of thioether (sulfide) groups is 1.